The Bertz CT molecular complexity index is 818. The van der Waals surface area contributed by atoms with E-state index in [0.29, 0.717) is 4.91 Å². The van der Waals surface area contributed by atoms with Crippen LogP contribution in [0.2, 0.25) is 0 Å². The van der Waals surface area contributed by atoms with Crippen molar-refractivity contribution >= 4 is 57.3 Å². The predicted molar refractivity (Wildman–Crippen MR) is 107 cm³/mol. The third-order valence-electron chi connectivity index (χ3n) is 3.61. The van der Waals surface area contributed by atoms with Crippen LogP contribution in [0.25, 0.3) is 6.08 Å². The number of nitrogens with one attached hydrogen (secondary N) is 1. The Labute approximate surface area is 158 Å². The molecule has 6 heteroatoms. The number of hydrogen-bond donors (Lipinski definition) is 1. The van der Waals surface area contributed by atoms with Crippen LogP contribution in [0.15, 0.2) is 53.4 Å². The van der Waals surface area contributed by atoms with Crippen molar-refractivity contribution in [3.05, 3.63) is 68.1 Å². The van der Waals surface area contributed by atoms with Gasteiger partial charge in [0.25, 0.3) is 11.1 Å². The van der Waals surface area contributed by atoms with Gasteiger partial charge in [-0.05, 0) is 76.7 Å². The second kappa shape index (κ2) is 7.40. The van der Waals surface area contributed by atoms with Crippen LogP contribution in [-0.2, 0) is 4.79 Å². The van der Waals surface area contributed by atoms with Crippen LogP contribution in [0.5, 0.6) is 0 Å². The maximum Gasteiger partial charge on any atom is 0.295 e. The predicted octanol–water partition coefficient (Wildman–Crippen LogP) is 4.71. The quantitative estimate of drug-likeness (QED) is 0.542. The monoisotopic (exact) mass is 450 g/mol. The second-order valence-electron chi connectivity index (χ2n) is 5.31. The third-order valence-corrected chi connectivity index (χ3v) is 5.24. The number of halogens is 1. The Morgan fingerprint density at radius 3 is 2.54 bits per heavy atom. The Morgan fingerprint density at radius 2 is 1.83 bits per heavy atom. The molecular formula is C18H15IN2O2S. The van der Waals surface area contributed by atoms with Crippen LogP contribution >= 0.6 is 34.4 Å². The lowest BCUT2D eigenvalue weighted by Crippen LogP contribution is -2.33. The van der Waals surface area contributed by atoms with Crippen molar-refractivity contribution in [2.45, 2.75) is 6.92 Å². The molecule has 2 amide bonds. The molecule has 122 valence electrons. The molecule has 0 saturated carbocycles. The van der Waals surface area contributed by atoms with Gasteiger partial charge in [-0.2, -0.15) is 0 Å². The summed E-state index contributed by atoms with van der Waals surface area (Å²) in [6.45, 7) is 2.15. The maximum atomic E-state index is 12.5. The number of amides is 2. The second-order valence-corrected chi connectivity index (χ2v) is 7.55. The number of imide groups is 1. The van der Waals surface area contributed by atoms with Gasteiger partial charge in [0.15, 0.2) is 0 Å². The van der Waals surface area contributed by atoms with E-state index in [4.69, 9.17) is 0 Å². The molecule has 1 saturated heterocycles. The molecule has 1 aliphatic rings. The van der Waals surface area contributed by atoms with Crippen LogP contribution < -0.4 is 5.32 Å². The van der Waals surface area contributed by atoms with Gasteiger partial charge in [0.1, 0.15) is 0 Å². The summed E-state index contributed by atoms with van der Waals surface area (Å²) in [6.07, 6.45) is 1.76. The molecule has 0 unspecified atom stereocenters. The molecule has 0 aromatic heterocycles. The summed E-state index contributed by atoms with van der Waals surface area (Å²) in [5.74, 6) is -0.260. The van der Waals surface area contributed by atoms with E-state index in [0.717, 1.165) is 32.1 Å². The van der Waals surface area contributed by atoms with E-state index in [1.165, 1.54) is 4.90 Å². The van der Waals surface area contributed by atoms with Crippen LogP contribution in [0.1, 0.15) is 11.1 Å². The van der Waals surface area contributed by atoms with Gasteiger partial charge in [0, 0.05) is 9.26 Å². The smallest absolute Gasteiger partial charge is 0.295 e. The number of aryl methyl sites for hydroxylation is 1. The summed E-state index contributed by atoms with van der Waals surface area (Å²) < 4.78 is 1.13. The van der Waals surface area contributed by atoms with Gasteiger partial charge in [-0.1, -0.05) is 30.3 Å². The first kappa shape index (κ1) is 17.0. The average Bonchev–Trinajstić information content (AvgIpc) is 2.83. The molecule has 3 rings (SSSR count). The van der Waals surface area contributed by atoms with Crippen LogP contribution in [0.4, 0.5) is 10.5 Å². The molecule has 1 aliphatic heterocycles. The number of hydrogen-bond acceptors (Lipinski definition) is 4. The van der Waals surface area contributed by atoms with Crippen LogP contribution in [0.3, 0.4) is 0 Å². The first-order valence-corrected chi connectivity index (χ1v) is 9.24. The van der Waals surface area contributed by atoms with Crippen molar-refractivity contribution in [3.63, 3.8) is 0 Å². The summed E-state index contributed by atoms with van der Waals surface area (Å²) >= 11 is 3.20. The third kappa shape index (κ3) is 3.81. The molecule has 1 fully saturated rings. The fraction of sp³-hybridized carbons (Fsp3) is 0.111. The minimum absolute atomic E-state index is 0.166. The number of anilines is 1. The van der Waals surface area contributed by atoms with Gasteiger partial charge in [0.2, 0.25) is 0 Å². The molecular weight excluding hydrogens is 435 g/mol. The number of nitrogens with zero attached hydrogens (tertiary/aromatic N) is 1. The van der Waals surface area contributed by atoms with Gasteiger partial charge in [-0.25, -0.2) is 0 Å². The number of para-hydroxylation sites is 1. The zero-order valence-corrected chi connectivity index (χ0v) is 15.9. The highest BCUT2D eigenvalue weighted by Crippen LogP contribution is 2.32. The van der Waals surface area contributed by atoms with E-state index >= 15 is 0 Å². The first-order valence-electron chi connectivity index (χ1n) is 7.35. The van der Waals surface area contributed by atoms with Crippen LogP contribution in [0, 0.1) is 10.5 Å². The molecule has 0 spiro atoms. The van der Waals surface area contributed by atoms with E-state index in [-0.39, 0.29) is 17.8 Å². The number of rotatable bonds is 4. The molecule has 2 aromatic rings. The number of carbonyl (C=O) groups is 2. The van der Waals surface area contributed by atoms with Crippen molar-refractivity contribution < 1.29 is 9.59 Å². The van der Waals surface area contributed by atoms with E-state index < -0.39 is 0 Å². The molecule has 0 aliphatic carbocycles. The Balaban J connectivity index is 1.72. The lowest BCUT2D eigenvalue weighted by Gasteiger charge is -2.15. The van der Waals surface area contributed by atoms with Gasteiger partial charge < -0.3 is 5.32 Å². The van der Waals surface area contributed by atoms with Gasteiger partial charge in [0.05, 0.1) is 11.6 Å². The standard InChI is InChI=1S/C18H15IN2O2S/c1-12-4-2-3-5-15(12)20-11-21-17(22)16(24-18(21)23)10-13-6-8-14(19)9-7-13/h2-10,20H,11H2,1H3/b16-10-. The normalized spacial score (nSPS) is 16.1. The van der Waals surface area contributed by atoms with Crippen molar-refractivity contribution in [2.24, 2.45) is 0 Å². The minimum atomic E-state index is -0.260. The number of benzene rings is 2. The van der Waals surface area contributed by atoms with Crippen LogP contribution in [-0.4, -0.2) is 22.7 Å². The fourth-order valence-electron chi connectivity index (χ4n) is 2.28. The molecule has 2 aromatic carbocycles. The summed E-state index contributed by atoms with van der Waals surface area (Å²) in [7, 11) is 0. The average molecular weight is 450 g/mol. The maximum absolute atomic E-state index is 12.5. The fourth-order valence-corrected chi connectivity index (χ4v) is 3.48. The van der Waals surface area contributed by atoms with Crippen molar-refractivity contribution in [1.29, 1.82) is 0 Å². The summed E-state index contributed by atoms with van der Waals surface area (Å²) in [5, 5.41) is 2.90. The Morgan fingerprint density at radius 1 is 1.12 bits per heavy atom. The molecule has 4 nitrogen and oxygen atoms in total. The summed E-state index contributed by atoms with van der Waals surface area (Å²) in [4.78, 5) is 26.3. The van der Waals surface area contributed by atoms with Crippen molar-refractivity contribution in [2.75, 3.05) is 12.0 Å². The van der Waals surface area contributed by atoms with Gasteiger partial charge >= 0.3 is 0 Å². The van der Waals surface area contributed by atoms with E-state index in [1.54, 1.807) is 6.08 Å². The lowest BCUT2D eigenvalue weighted by molar-refractivity contribution is -0.122. The van der Waals surface area contributed by atoms with Crippen molar-refractivity contribution in [3.8, 4) is 0 Å². The highest BCUT2D eigenvalue weighted by molar-refractivity contribution is 14.1. The van der Waals surface area contributed by atoms with Crippen molar-refractivity contribution in [1.82, 2.24) is 4.90 Å². The zero-order valence-electron chi connectivity index (χ0n) is 13.0. The molecule has 0 bridgehead atoms. The lowest BCUT2D eigenvalue weighted by atomic mass is 10.2. The highest BCUT2D eigenvalue weighted by Gasteiger charge is 2.34. The topological polar surface area (TPSA) is 49.4 Å². The Hall–Kier alpha value is -1.80. The van der Waals surface area contributed by atoms with E-state index in [2.05, 4.69) is 27.9 Å². The molecule has 1 heterocycles. The summed E-state index contributed by atoms with van der Waals surface area (Å²) in [6, 6.07) is 15.6. The number of thioether (sulfide) groups is 1. The minimum Gasteiger partial charge on any atom is -0.367 e. The number of carbonyl (C=O) groups excluding carboxylic acids is 2. The molecule has 0 atom stereocenters. The SMILES string of the molecule is Cc1ccccc1NCN1C(=O)S/C(=C\c2ccc(I)cc2)C1=O. The Kier molecular flexibility index (Phi) is 5.25. The first-order chi connectivity index (χ1) is 11.5. The van der Waals surface area contributed by atoms with Gasteiger partial charge in [-0.3, -0.25) is 14.5 Å². The molecule has 1 N–H and O–H groups in total. The molecule has 24 heavy (non-hydrogen) atoms. The van der Waals surface area contributed by atoms with E-state index in [9.17, 15) is 9.59 Å². The van der Waals surface area contributed by atoms with E-state index in [1.807, 2.05) is 55.5 Å². The summed E-state index contributed by atoms with van der Waals surface area (Å²) in [5.41, 5.74) is 2.89. The largest absolute Gasteiger partial charge is 0.367 e. The van der Waals surface area contributed by atoms with Gasteiger partial charge in [-0.15, -0.1) is 0 Å². The zero-order chi connectivity index (χ0) is 17.1. The highest BCUT2D eigenvalue weighted by atomic mass is 127. The molecule has 0 radical (unpaired) electrons.